The summed E-state index contributed by atoms with van der Waals surface area (Å²) in [6, 6.07) is 61.2. The van der Waals surface area contributed by atoms with Crippen molar-refractivity contribution in [3.05, 3.63) is 210 Å². The predicted molar refractivity (Wildman–Crippen MR) is 359 cm³/mol. The van der Waals surface area contributed by atoms with Gasteiger partial charge in [0.1, 0.15) is 17.0 Å². The van der Waals surface area contributed by atoms with Crippen molar-refractivity contribution in [2.45, 2.75) is 164 Å². The first-order chi connectivity index (χ1) is 39.8. The fraction of sp³-hybridized carbons (Fsp3) is 0.316. The first kappa shape index (κ1) is 60.3. The molecule has 0 fully saturated rings. The van der Waals surface area contributed by atoms with Gasteiger partial charge in [-0.3, -0.25) is 0 Å². The van der Waals surface area contributed by atoms with Gasteiger partial charge >= 0.3 is 0 Å². The average Bonchev–Trinajstić information content (AvgIpc) is 1.57. The molecule has 0 saturated heterocycles. The summed E-state index contributed by atoms with van der Waals surface area (Å²) in [7, 11) is 0. The number of pyridine rings is 1. The number of para-hydroxylation sites is 3. The molecule has 11 aromatic rings. The van der Waals surface area contributed by atoms with Crippen LogP contribution in [0.25, 0.3) is 71.8 Å². The zero-order chi connectivity index (χ0) is 60.7. The van der Waals surface area contributed by atoms with E-state index in [4.69, 9.17) is 14.1 Å². The SMILES string of the molecule is Cc1cc2c(c3ccc(Oc4[c-]c(N5[CH-]N(c6c(-c7cc(C(C)(C)C)cc(C(C)(C)C)c7)cc(C(C)(C)C)cc6-c6cc(C(C)(C)C)cc(C(C)(C)C)c6)c6ccccc65)ccc4)[c-]c3n2-c2cc(C(C)(C)C)ccn2)c2oc3ccccc3c12.[Pt]. The van der Waals surface area contributed by atoms with Crippen LogP contribution in [0.4, 0.5) is 22.7 Å². The van der Waals surface area contributed by atoms with Gasteiger partial charge in [0.05, 0.1) is 0 Å². The minimum absolute atomic E-state index is 0. The summed E-state index contributed by atoms with van der Waals surface area (Å²) in [5.41, 5.74) is 20.7. The molecule has 0 radical (unpaired) electrons. The molecule has 0 amide bonds. The molecule has 1 aliphatic heterocycles. The van der Waals surface area contributed by atoms with Crippen molar-refractivity contribution in [1.29, 1.82) is 0 Å². The van der Waals surface area contributed by atoms with Crippen LogP contribution < -0.4 is 14.5 Å². The number of aryl methyl sites for hydroxylation is 1. The second-order valence-corrected chi connectivity index (χ2v) is 30.1. The van der Waals surface area contributed by atoms with Gasteiger partial charge in [-0.25, -0.2) is 4.98 Å². The van der Waals surface area contributed by atoms with Crippen molar-refractivity contribution in [1.82, 2.24) is 9.55 Å². The first-order valence-electron chi connectivity index (χ1n) is 30.3. The maximum Gasteiger partial charge on any atom is 0.135 e. The minimum Gasteiger partial charge on any atom is -0.509 e. The molecule has 6 nitrogen and oxygen atoms in total. The second kappa shape index (κ2) is 21.2. The van der Waals surface area contributed by atoms with Gasteiger partial charge in [-0.2, -0.15) is 12.1 Å². The van der Waals surface area contributed by atoms with Crippen LogP contribution in [-0.2, 0) is 53.6 Å². The molecule has 4 heterocycles. The molecule has 0 atom stereocenters. The van der Waals surface area contributed by atoms with Crippen molar-refractivity contribution < 1.29 is 30.2 Å². The molecule has 0 unspecified atom stereocenters. The number of benzene rings is 8. The van der Waals surface area contributed by atoms with Crippen molar-refractivity contribution >= 4 is 66.5 Å². The third-order valence-corrected chi connectivity index (χ3v) is 17.3. The third kappa shape index (κ3) is 11.0. The molecular formula is C79H83N4O2Pt-3. The number of ether oxygens (including phenoxy) is 1. The second-order valence-electron chi connectivity index (χ2n) is 30.1. The maximum absolute atomic E-state index is 6.94. The number of nitrogens with zero attached hydrogens (tertiary/aromatic N) is 4. The molecule has 1 aliphatic rings. The number of furan rings is 1. The summed E-state index contributed by atoms with van der Waals surface area (Å²) in [5, 5.41) is 4.24. The topological polar surface area (TPSA) is 46.7 Å². The predicted octanol–water partition coefficient (Wildman–Crippen LogP) is 22.3. The van der Waals surface area contributed by atoms with Crippen LogP contribution in [0.1, 0.15) is 164 Å². The number of hydrogen-bond donors (Lipinski definition) is 0. The summed E-state index contributed by atoms with van der Waals surface area (Å²) in [5.74, 6) is 1.95. The molecule has 0 saturated carbocycles. The first-order valence-corrected chi connectivity index (χ1v) is 30.3. The molecule has 0 bridgehead atoms. The van der Waals surface area contributed by atoms with Crippen molar-refractivity contribution in [3.63, 3.8) is 0 Å². The molecule has 86 heavy (non-hydrogen) atoms. The summed E-state index contributed by atoms with van der Waals surface area (Å²) < 4.78 is 15.9. The average molecular weight is 1320 g/mol. The fourth-order valence-electron chi connectivity index (χ4n) is 12.1. The number of anilines is 4. The maximum atomic E-state index is 6.94. The van der Waals surface area contributed by atoms with E-state index in [1.165, 1.54) is 55.6 Å². The number of rotatable bonds is 7. The van der Waals surface area contributed by atoms with Gasteiger partial charge in [-0.05, 0) is 143 Å². The fourth-order valence-corrected chi connectivity index (χ4v) is 12.1. The van der Waals surface area contributed by atoms with Crippen molar-refractivity contribution in [2.75, 3.05) is 9.80 Å². The zero-order valence-electron chi connectivity index (χ0n) is 53.9. The Morgan fingerprint density at radius 3 is 1.53 bits per heavy atom. The van der Waals surface area contributed by atoms with Crippen LogP contribution in [0.3, 0.4) is 0 Å². The normalized spacial score (nSPS) is 13.6. The molecule has 8 aromatic carbocycles. The van der Waals surface area contributed by atoms with Crippen LogP contribution in [0.2, 0.25) is 0 Å². The Bertz CT molecular complexity index is 4290. The molecule has 444 valence electrons. The van der Waals surface area contributed by atoms with Crippen LogP contribution in [-0.4, -0.2) is 9.55 Å². The van der Waals surface area contributed by atoms with E-state index in [0.717, 1.165) is 77.9 Å². The monoisotopic (exact) mass is 1310 g/mol. The molecule has 12 rings (SSSR count). The number of fused-ring (bicyclic) bond motifs is 8. The quantitative estimate of drug-likeness (QED) is 0.149. The number of hydrogen-bond acceptors (Lipinski definition) is 5. The largest absolute Gasteiger partial charge is 0.509 e. The number of aromatic nitrogens is 2. The Labute approximate surface area is 525 Å². The van der Waals surface area contributed by atoms with Gasteiger partial charge < -0.3 is 23.5 Å². The van der Waals surface area contributed by atoms with Crippen molar-refractivity contribution in [3.8, 4) is 39.6 Å². The summed E-state index contributed by atoms with van der Waals surface area (Å²) >= 11 is 0. The smallest absolute Gasteiger partial charge is 0.135 e. The molecule has 0 N–H and O–H groups in total. The van der Waals surface area contributed by atoms with E-state index >= 15 is 0 Å². The Hall–Kier alpha value is -7.40. The summed E-state index contributed by atoms with van der Waals surface area (Å²) in [6.07, 6.45) is 1.92. The van der Waals surface area contributed by atoms with Gasteiger partial charge in [0.25, 0.3) is 0 Å². The molecule has 7 heteroatoms. The molecule has 0 aliphatic carbocycles. The molecular weight excluding hydrogens is 1230 g/mol. The van der Waals surface area contributed by atoms with E-state index in [9.17, 15) is 0 Å². The van der Waals surface area contributed by atoms with E-state index in [1.807, 2.05) is 24.4 Å². The van der Waals surface area contributed by atoms with Gasteiger partial charge in [0.15, 0.2) is 0 Å². The Morgan fingerprint density at radius 2 is 0.977 bits per heavy atom. The Morgan fingerprint density at radius 1 is 0.465 bits per heavy atom. The van der Waals surface area contributed by atoms with E-state index in [2.05, 4.69) is 292 Å². The van der Waals surface area contributed by atoms with Crippen LogP contribution in [0.5, 0.6) is 11.5 Å². The van der Waals surface area contributed by atoms with Crippen LogP contribution in [0.15, 0.2) is 156 Å². The van der Waals surface area contributed by atoms with E-state index in [0.29, 0.717) is 11.5 Å². The van der Waals surface area contributed by atoms with Gasteiger partial charge in [0.2, 0.25) is 0 Å². The molecule has 3 aromatic heterocycles. The zero-order valence-corrected chi connectivity index (χ0v) is 56.2. The third-order valence-electron chi connectivity index (χ3n) is 17.3. The summed E-state index contributed by atoms with van der Waals surface area (Å²) in [6.45, 7) is 46.2. The Balaban J connectivity index is 0.00000768. The Kier molecular flexibility index (Phi) is 14.9. The molecule has 0 spiro atoms. The van der Waals surface area contributed by atoms with Gasteiger partial charge in [0, 0.05) is 83.2 Å². The van der Waals surface area contributed by atoms with E-state index in [-0.39, 0.29) is 53.6 Å². The van der Waals surface area contributed by atoms with Crippen LogP contribution in [0, 0.1) is 25.7 Å². The van der Waals surface area contributed by atoms with Gasteiger partial charge in [-0.1, -0.05) is 202 Å². The summed E-state index contributed by atoms with van der Waals surface area (Å²) in [4.78, 5) is 9.74. The van der Waals surface area contributed by atoms with Gasteiger partial charge in [-0.15, -0.1) is 42.7 Å². The van der Waals surface area contributed by atoms with E-state index in [1.54, 1.807) is 0 Å². The van der Waals surface area contributed by atoms with E-state index < -0.39 is 0 Å². The van der Waals surface area contributed by atoms with Crippen LogP contribution >= 0.6 is 0 Å². The standard InChI is InChI=1S/C79H83N4O2.Pt/c1-48-35-67-71(73-70(48)61-27-20-23-30-68(61)85-73)60-32-31-59(46-66(60)83(67)69-44-51(33-34-80-69)74(2,3)4)84-58-26-24-25-57(45-58)81-47-82(65-29-22-21-28-64(65)81)72-62(49-36-52(75(5,6)7)40-53(37-49)76(8,9)10)42-56(79(17,18)19)43-63(72)50-38-54(77(11,12)13)41-55(39-50)78(14,15)16;/h20-44,47H,1-19H3;/q-3;. The van der Waals surface area contributed by atoms with Crippen molar-refractivity contribution in [2.24, 2.45) is 0 Å². The minimum atomic E-state index is -0.161.